The van der Waals surface area contributed by atoms with Crippen LogP contribution in [-0.4, -0.2) is 57.4 Å². The Morgan fingerprint density at radius 1 is 1.07 bits per heavy atom. The highest BCUT2D eigenvalue weighted by molar-refractivity contribution is 5.95. The first kappa shape index (κ1) is 20.1. The second-order valence-corrected chi connectivity index (χ2v) is 7.51. The van der Waals surface area contributed by atoms with Crippen LogP contribution in [-0.2, 0) is 6.42 Å². The molecule has 1 amide bonds. The first-order valence-corrected chi connectivity index (χ1v) is 9.99. The molecule has 2 aliphatic heterocycles. The van der Waals surface area contributed by atoms with Gasteiger partial charge in [-0.05, 0) is 42.0 Å². The van der Waals surface area contributed by atoms with E-state index in [1.165, 1.54) is 0 Å². The average Bonchev–Trinajstić information content (AvgIpc) is 2.78. The topological polar surface area (TPSA) is 54.0 Å². The summed E-state index contributed by atoms with van der Waals surface area (Å²) in [4.78, 5) is 17.0. The summed E-state index contributed by atoms with van der Waals surface area (Å²) in [7, 11) is 3.12. The molecule has 158 valence electrons. The van der Waals surface area contributed by atoms with E-state index in [1.54, 1.807) is 32.4 Å². The summed E-state index contributed by atoms with van der Waals surface area (Å²) >= 11 is 0. The van der Waals surface area contributed by atoms with Gasteiger partial charge >= 0.3 is 0 Å². The van der Waals surface area contributed by atoms with E-state index in [2.05, 4.69) is 16.8 Å². The number of fused-ring (bicyclic) bond motifs is 1. The van der Waals surface area contributed by atoms with Gasteiger partial charge in [0, 0.05) is 55.2 Å². The number of allylic oxidation sites excluding steroid dienone is 1. The molecule has 1 atom stereocenters. The fraction of sp³-hybridized carbons (Fsp3) is 0.348. The predicted molar refractivity (Wildman–Crippen MR) is 115 cm³/mol. The van der Waals surface area contributed by atoms with Gasteiger partial charge in [0.2, 0.25) is 0 Å². The summed E-state index contributed by atoms with van der Waals surface area (Å²) in [5.41, 5.74) is 3.91. The van der Waals surface area contributed by atoms with Gasteiger partial charge < -0.3 is 24.6 Å². The number of carbonyl (C=O) groups excluding carboxylic acids is 1. The lowest BCUT2D eigenvalue weighted by molar-refractivity contribution is 0.0746. The van der Waals surface area contributed by atoms with Gasteiger partial charge in [0.05, 0.1) is 14.2 Å². The fourth-order valence-electron chi connectivity index (χ4n) is 3.95. The van der Waals surface area contributed by atoms with Gasteiger partial charge in [-0.2, -0.15) is 0 Å². The van der Waals surface area contributed by atoms with E-state index in [0.29, 0.717) is 42.3 Å². The summed E-state index contributed by atoms with van der Waals surface area (Å²) < 4.78 is 24.5. The van der Waals surface area contributed by atoms with Gasteiger partial charge in [-0.3, -0.25) is 4.79 Å². The Morgan fingerprint density at radius 3 is 2.50 bits per heavy atom. The second kappa shape index (κ2) is 8.26. The largest absolute Gasteiger partial charge is 0.493 e. The Kier molecular flexibility index (Phi) is 5.53. The molecule has 1 saturated heterocycles. The minimum Gasteiger partial charge on any atom is -0.493 e. The Hall–Kier alpha value is -3.22. The number of hydrogen-bond donors (Lipinski definition) is 1. The summed E-state index contributed by atoms with van der Waals surface area (Å²) in [5, 5.41) is 3.04. The normalized spacial score (nSPS) is 18.5. The van der Waals surface area contributed by atoms with Crippen LogP contribution in [0.15, 0.2) is 48.7 Å². The number of alkyl halides is 1. The molecule has 6 nitrogen and oxygen atoms in total. The molecule has 4 rings (SSSR count). The highest BCUT2D eigenvalue weighted by Gasteiger charge is 2.25. The van der Waals surface area contributed by atoms with Gasteiger partial charge in [0.15, 0.2) is 11.5 Å². The van der Waals surface area contributed by atoms with Crippen LogP contribution in [0.2, 0.25) is 0 Å². The van der Waals surface area contributed by atoms with Crippen molar-refractivity contribution in [1.29, 1.82) is 0 Å². The van der Waals surface area contributed by atoms with Crippen molar-refractivity contribution in [3.8, 4) is 11.5 Å². The molecular weight excluding hydrogens is 384 g/mol. The molecular formula is C23H26FN3O3. The SMILES string of the molecule is C=C1Nc2ccc(N3CCN(C(=O)c4ccc(OC)c(OC)c4)CC3)cc2CC1[18F]. The van der Waals surface area contributed by atoms with Crippen molar-refractivity contribution >= 4 is 17.3 Å². The molecule has 0 radical (unpaired) electrons. The van der Waals surface area contributed by atoms with Crippen molar-refractivity contribution in [2.45, 2.75) is 12.6 Å². The highest BCUT2D eigenvalue weighted by Crippen LogP contribution is 2.32. The quantitative estimate of drug-likeness (QED) is 0.836. The monoisotopic (exact) mass is 410 g/mol. The van der Waals surface area contributed by atoms with E-state index in [1.807, 2.05) is 23.1 Å². The van der Waals surface area contributed by atoms with Gasteiger partial charge in [0.1, 0.15) is 6.17 Å². The molecule has 1 unspecified atom stereocenters. The molecule has 0 aromatic heterocycles. The van der Waals surface area contributed by atoms with Gasteiger partial charge in [-0.15, -0.1) is 0 Å². The zero-order chi connectivity index (χ0) is 21.3. The Balaban J connectivity index is 1.42. The van der Waals surface area contributed by atoms with Crippen molar-refractivity contribution in [1.82, 2.24) is 4.90 Å². The van der Waals surface area contributed by atoms with E-state index in [-0.39, 0.29) is 5.91 Å². The van der Waals surface area contributed by atoms with Gasteiger partial charge in [0.25, 0.3) is 5.91 Å². The molecule has 0 saturated carbocycles. The Bertz CT molecular complexity index is 970. The maximum atomic E-state index is 14.0. The van der Waals surface area contributed by atoms with Crippen LogP contribution in [0.4, 0.5) is 15.8 Å². The van der Waals surface area contributed by atoms with Gasteiger partial charge in [-0.1, -0.05) is 6.58 Å². The third-order valence-corrected chi connectivity index (χ3v) is 5.72. The van der Waals surface area contributed by atoms with Crippen LogP contribution >= 0.6 is 0 Å². The number of ether oxygens (including phenoxy) is 2. The minimum absolute atomic E-state index is 0.0240. The smallest absolute Gasteiger partial charge is 0.254 e. The predicted octanol–water partition coefficient (Wildman–Crippen LogP) is 3.49. The lowest BCUT2D eigenvalue weighted by Crippen LogP contribution is -2.48. The molecule has 1 fully saturated rings. The molecule has 0 spiro atoms. The van der Waals surface area contributed by atoms with E-state index >= 15 is 0 Å². The zero-order valence-electron chi connectivity index (χ0n) is 17.3. The van der Waals surface area contributed by atoms with E-state index in [0.717, 1.165) is 30.0 Å². The first-order valence-electron chi connectivity index (χ1n) is 9.99. The number of rotatable bonds is 4. The number of amides is 1. The number of anilines is 2. The van der Waals surface area contributed by atoms with Crippen LogP contribution < -0.4 is 19.7 Å². The Labute approximate surface area is 175 Å². The minimum atomic E-state index is -1.07. The van der Waals surface area contributed by atoms with Crippen LogP contribution in [0.1, 0.15) is 15.9 Å². The summed E-state index contributed by atoms with van der Waals surface area (Å²) in [6.45, 7) is 6.40. The number of benzene rings is 2. The van der Waals surface area contributed by atoms with Crippen LogP contribution in [0, 0.1) is 0 Å². The van der Waals surface area contributed by atoms with Crippen molar-refractivity contribution < 1.29 is 18.7 Å². The molecule has 30 heavy (non-hydrogen) atoms. The van der Waals surface area contributed by atoms with E-state index in [4.69, 9.17) is 9.47 Å². The third-order valence-electron chi connectivity index (χ3n) is 5.72. The second-order valence-electron chi connectivity index (χ2n) is 7.51. The lowest BCUT2D eigenvalue weighted by Gasteiger charge is -2.37. The van der Waals surface area contributed by atoms with Crippen LogP contribution in [0.25, 0.3) is 0 Å². The molecule has 2 aliphatic rings. The number of piperazine rings is 1. The molecule has 0 aliphatic carbocycles. The maximum absolute atomic E-state index is 14.0. The third kappa shape index (κ3) is 3.79. The highest BCUT2D eigenvalue weighted by atomic mass is 18.2. The Morgan fingerprint density at radius 2 is 1.80 bits per heavy atom. The number of hydrogen-bond acceptors (Lipinski definition) is 5. The zero-order valence-corrected chi connectivity index (χ0v) is 17.3. The molecule has 7 heteroatoms. The average molecular weight is 410 g/mol. The summed E-state index contributed by atoms with van der Waals surface area (Å²) in [6.07, 6.45) is -0.726. The van der Waals surface area contributed by atoms with Crippen molar-refractivity contribution in [3.63, 3.8) is 0 Å². The van der Waals surface area contributed by atoms with Crippen molar-refractivity contribution in [2.75, 3.05) is 50.6 Å². The molecule has 1 N–H and O–H groups in total. The number of methoxy groups -OCH3 is 2. The van der Waals surface area contributed by atoms with E-state index in [9.17, 15) is 9.18 Å². The molecule has 2 aromatic carbocycles. The van der Waals surface area contributed by atoms with E-state index < -0.39 is 6.17 Å². The lowest BCUT2D eigenvalue weighted by atomic mass is 9.99. The van der Waals surface area contributed by atoms with Crippen molar-refractivity contribution in [3.05, 3.63) is 59.8 Å². The maximum Gasteiger partial charge on any atom is 0.254 e. The number of nitrogens with zero attached hydrogens (tertiary/aromatic N) is 2. The molecule has 2 heterocycles. The number of nitrogens with one attached hydrogen (secondary N) is 1. The van der Waals surface area contributed by atoms with Crippen molar-refractivity contribution in [2.24, 2.45) is 0 Å². The van der Waals surface area contributed by atoms with Gasteiger partial charge in [-0.25, -0.2) is 4.39 Å². The summed E-state index contributed by atoms with van der Waals surface area (Å²) in [5.74, 6) is 1.11. The molecule has 2 aromatic rings. The molecule has 0 bridgehead atoms. The number of carbonyl (C=O) groups is 1. The van der Waals surface area contributed by atoms with Crippen LogP contribution in [0.5, 0.6) is 11.5 Å². The fourth-order valence-corrected chi connectivity index (χ4v) is 3.95. The van der Waals surface area contributed by atoms with Crippen LogP contribution in [0.3, 0.4) is 0 Å². The summed E-state index contributed by atoms with van der Waals surface area (Å²) in [6, 6.07) is 11.3. The number of halogens is 1. The standard InChI is InChI=1S/C23H26FN3O3/c1-15-19(24)13-17-12-18(5-6-20(17)25-15)26-8-10-27(11-9-26)23(28)16-4-7-21(29-2)22(14-16)30-3/h4-7,12,14,19,25H,1,8-11,13H2,2-3H3/i24-1. The first-order chi connectivity index (χ1) is 14.5.